The molecule has 0 fully saturated rings. The lowest BCUT2D eigenvalue weighted by Crippen LogP contribution is -2.13. The molecular formula is C24H17ClF3N3O3. The Bertz CT molecular complexity index is 1340. The fourth-order valence-corrected chi connectivity index (χ4v) is 3.68. The van der Waals surface area contributed by atoms with Crippen LogP contribution in [-0.2, 0) is 22.1 Å². The van der Waals surface area contributed by atoms with E-state index in [9.17, 15) is 13.2 Å². The average molecular weight is 488 g/mol. The van der Waals surface area contributed by atoms with Crippen molar-refractivity contribution < 1.29 is 27.4 Å². The minimum atomic E-state index is -4.50. The van der Waals surface area contributed by atoms with E-state index < -0.39 is 18.0 Å². The molecule has 0 saturated heterocycles. The van der Waals surface area contributed by atoms with Crippen molar-refractivity contribution in [1.29, 1.82) is 0 Å². The summed E-state index contributed by atoms with van der Waals surface area (Å²) in [6.45, 7) is 0. The van der Waals surface area contributed by atoms with E-state index in [0.717, 1.165) is 17.7 Å². The third-order valence-corrected chi connectivity index (χ3v) is 5.30. The van der Waals surface area contributed by atoms with Crippen LogP contribution in [0.4, 0.5) is 24.8 Å². The van der Waals surface area contributed by atoms with E-state index in [2.05, 4.69) is 15.3 Å². The van der Waals surface area contributed by atoms with Crippen LogP contribution in [0.25, 0.3) is 11.0 Å². The van der Waals surface area contributed by atoms with E-state index in [4.69, 9.17) is 25.8 Å². The van der Waals surface area contributed by atoms with Crippen molar-refractivity contribution >= 4 is 34.3 Å². The van der Waals surface area contributed by atoms with Crippen molar-refractivity contribution in [2.45, 2.75) is 18.9 Å². The zero-order chi connectivity index (χ0) is 23.7. The van der Waals surface area contributed by atoms with Crippen molar-refractivity contribution in [1.82, 2.24) is 9.97 Å². The molecule has 2 N–H and O–H groups in total. The Balaban J connectivity index is 1.21. The van der Waals surface area contributed by atoms with Gasteiger partial charge in [0.05, 0.1) is 16.1 Å². The van der Waals surface area contributed by atoms with Crippen molar-refractivity contribution in [3.8, 4) is 5.75 Å². The lowest BCUT2D eigenvalue weighted by molar-refractivity contribution is -0.137. The SMILES string of the molecule is FC(F)(F)c1cc(Cl)c2nc(Nc3ccc(OC4=COC(Cc5ccccc5)O4)cc3)[nH]c2c1. The fourth-order valence-electron chi connectivity index (χ4n) is 3.42. The first kappa shape index (κ1) is 22.0. The topological polar surface area (TPSA) is 68.4 Å². The van der Waals surface area contributed by atoms with Crippen LogP contribution in [0.1, 0.15) is 11.1 Å². The summed E-state index contributed by atoms with van der Waals surface area (Å²) < 4.78 is 55.9. The summed E-state index contributed by atoms with van der Waals surface area (Å²) in [5.41, 5.74) is 1.29. The van der Waals surface area contributed by atoms with Gasteiger partial charge in [0.1, 0.15) is 11.3 Å². The van der Waals surface area contributed by atoms with Gasteiger partial charge in [-0.1, -0.05) is 41.9 Å². The van der Waals surface area contributed by atoms with Crippen molar-refractivity contribution in [2.75, 3.05) is 5.32 Å². The third-order valence-electron chi connectivity index (χ3n) is 5.01. The molecule has 0 radical (unpaired) electrons. The van der Waals surface area contributed by atoms with Gasteiger partial charge in [-0.25, -0.2) is 4.98 Å². The standard InChI is InChI=1S/C24H17ClF3N3O3/c25-18-11-15(24(26,27)28)12-19-22(18)31-23(30-19)29-16-6-8-17(9-7-16)33-21-13-32-20(34-21)10-14-4-2-1-3-5-14/h1-9,11-13,20H,10H2,(H2,29,30,31). The summed E-state index contributed by atoms with van der Waals surface area (Å²) in [7, 11) is 0. The number of alkyl halides is 3. The summed E-state index contributed by atoms with van der Waals surface area (Å²) in [4.78, 5) is 7.05. The van der Waals surface area contributed by atoms with Crippen molar-refractivity contribution in [3.05, 3.63) is 95.1 Å². The fraction of sp³-hybridized carbons (Fsp3) is 0.125. The summed E-state index contributed by atoms with van der Waals surface area (Å²) in [6.07, 6.45) is -2.96. The zero-order valence-electron chi connectivity index (χ0n) is 17.4. The predicted octanol–water partition coefficient (Wildman–Crippen LogP) is 6.77. The zero-order valence-corrected chi connectivity index (χ0v) is 18.2. The highest BCUT2D eigenvalue weighted by Gasteiger charge is 2.31. The molecule has 4 aromatic rings. The van der Waals surface area contributed by atoms with E-state index in [0.29, 0.717) is 17.9 Å². The van der Waals surface area contributed by atoms with Gasteiger partial charge in [-0.05, 0) is 42.0 Å². The highest BCUT2D eigenvalue weighted by Crippen LogP contribution is 2.35. The van der Waals surface area contributed by atoms with Crippen LogP contribution in [0, 0.1) is 0 Å². The summed E-state index contributed by atoms with van der Waals surface area (Å²) >= 11 is 5.99. The predicted molar refractivity (Wildman–Crippen MR) is 121 cm³/mol. The molecule has 1 atom stereocenters. The lowest BCUT2D eigenvalue weighted by atomic mass is 10.1. The first-order valence-electron chi connectivity index (χ1n) is 10.2. The second-order valence-corrected chi connectivity index (χ2v) is 7.91. The molecule has 34 heavy (non-hydrogen) atoms. The van der Waals surface area contributed by atoms with Gasteiger partial charge >= 0.3 is 12.1 Å². The number of ether oxygens (including phenoxy) is 3. The summed E-state index contributed by atoms with van der Waals surface area (Å²) in [6, 6.07) is 18.5. The van der Waals surface area contributed by atoms with E-state index in [1.54, 1.807) is 24.3 Å². The molecule has 1 aliphatic rings. The highest BCUT2D eigenvalue weighted by molar-refractivity contribution is 6.35. The maximum absolute atomic E-state index is 13.0. The monoisotopic (exact) mass is 487 g/mol. The van der Waals surface area contributed by atoms with Gasteiger partial charge in [0.25, 0.3) is 0 Å². The van der Waals surface area contributed by atoms with Crippen LogP contribution in [0.3, 0.4) is 0 Å². The van der Waals surface area contributed by atoms with Crippen LogP contribution in [0.2, 0.25) is 5.02 Å². The van der Waals surface area contributed by atoms with E-state index in [-0.39, 0.29) is 27.9 Å². The molecule has 174 valence electrons. The Hall–Kier alpha value is -3.85. The molecule has 0 amide bonds. The van der Waals surface area contributed by atoms with Crippen LogP contribution in [0.5, 0.6) is 5.75 Å². The maximum Gasteiger partial charge on any atom is 0.416 e. The first-order valence-corrected chi connectivity index (χ1v) is 10.6. The number of imidazole rings is 1. The lowest BCUT2D eigenvalue weighted by Gasteiger charge is -2.12. The number of halogens is 4. The third kappa shape index (κ3) is 4.89. The molecule has 3 aromatic carbocycles. The summed E-state index contributed by atoms with van der Waals surface area (Å²) in [5.74, 6) is 1.01. The second kappa shape index (κ2) is 8.83. The molecule has 0 aliphatic carbocycles. The number of nitrogens with one attached hydrogen (secondary N) is 2. The second-order valence-electron chi connectivity index (χ2n) is 7.50. The Kier molecular flexibility index (Phi) is 5.70. The Labute approximate surface area is 196 Å². The van der Waals surface area contributed by atoms with E-state index >= 15 is 0 Å². The van der Waals surface area contributed by atoms with Gasteiger partial charge in [-0.3, -0.25) is 0 Å². The number of aromatic amines is 1. The van der Waals surface area contributed by atoms with Gasteiger partial charge in [-0.2, -0.15) is 13.2 Å². The minimum absolute atomic E-state index is 0.0875. The number of hydrogen-bond acceptors (Lipinski definition) is 5. The van der Waals surface area contributed by atoms with Crippen molar-refractivity contribution in [2.24, 2.45) is 0 Å². The number of benzene rings is 3. The average Bonchev–Trinajstić information content (AvgIpc) is 3.42. The molecule has 10 heteroatoms. The normalized spacial score (nSPS) is 15.5. The number of rotatable bonds is 6. The number of nitrogens with zero attached hydrogens (tertiary/aromatic N) is 1. The Morgan fingerprint density at radius 3 is 2.56 bits per heavy atom. The molecule has 5 rings (SSSR count). The van der Waals surface area contributed by atoms with Gasteiger partial charge in [0.15, 0.2) is 6.26 Å². The number of aromatic nitrogens is 2. The van der Waals surface area contributed by atoms with Gasteiger partial charge in [-0.15, -0.1) is 0 Å². The van der Waals surface area contributed by atoms with Gasteiger partial charge < -0.3 is 24.5 Å². The van der Waals surface area contributed by atoms with Gasteiger partial charge in [0.2, 0.25) is 12.2 Å². The van der Waals surface area contributed by atoms with Crippen LogP contribution >= 0.6 is 11.6 Å². The molecule has 6 nitrogen and oxygen atoms in total. The quantitative estimate of drug-likeness (QED) is 0.314. The molecule has 1 aliphatic heterocycles. The molecule has 1 unspecified atom stereocenters. The smallest absolute Gasteiger partial charge is 0.416 e. The van der Waals surface area contributed by atoms with E-state index in [1.165, 1.54) is 6.26 Å². The first-order chi connectivity index (χ1) is 16.3. The Morgan fingerprint density at radius 2 is 1.82 bits per heavy atom. The van der Waals surface area contributed by atoms with Crippen LogP contribution in [-0.4, -0.2) is 16.3 Å². The van der Waals surface area contributed by atoms with Crippen LogP contribution in [0.15, 0.2) is 78.9 Å². The molecule has 1 aromatic heterocycles. The highest BCUT2D eigenvalue weighted by atomic mass is 35.5. The van der Waals surface area contributed by atoms with Crippen LogP contribution < -0.4 is 10.1 Å². The molecular weight excluding hydrogens is 471 g/mol. The van der Waals surface area contributed by atoms with E-state index in [1.807, 2.05) is 30.3 Å². The largest absolute Gasteiger partial charge is 0.455 e. The molecule has 0 saturated carbocycles. The summed E-state index contributed by atoms with van der Waals surface area (Å²) in [5, 5.41) is 2.91. The molecule has 2 heterocycles. The Morgan fingerprint density at radius 1 is 1.06 bits per heavy atom. The number of H-pyrrole nitrogens is 1. The maximum atomic E-state index is 13.0. The molecule has 0 spiro atoms. The molecule has 0 bridgehead atoms. The van der Waals surface area contributed by atoms with Crippen molar-refractivity contribution in [3.63, 3.8) is 0 Å². The van der Waals surface area contributed by atoms with Gasteiger partial charge in [0, 0.05) is 12.1 Å². The number of fused-ring (bicyclic) bond motifs is 1. The number of anilines is 2. The number of hydrogen-bond donors (Lipinski definition) is 2. The minimum Gasteiger partial charge on any atom is -0.455 e.